The van der Waals surface area contributed by atoms with Gasteiger partial charge in [0.05, 0.1) is 4.83 Å². The van der Waals surface area contributed by atoms with Gasteiger partial charge in [-0.1, -0.05) is 39.7 Å². The van der Waals surface area contributed by atoms with Crippen molar-refractivity contribution in [1.82, 2.24) is 0 Å². The lowest BCUT2D eigenvalue weighted by Crippen LogP contribution is -1.99. The summed E-state index contributed by atoms with van der Waals surface area (Å²) >= 11 is 12.1. The van der Waals surface area contributed by atoms with E-state index >= 15 is 0 Å². The molecule has 4 heteroatoms. The standard InChI is InChI=1S/C15H12BrClFI/c1-8-5-12(13(17)6-9(8)2)15(16)11-4-3-10(18)7-14(11)19/h3-7,15H,1-2H3. The Morgan fingerprint density at radius 3 is 2.37 bits per heavy atom. The first-order chi connectivity index (χ1) is 8.90. The third kappa shape index (κ3) is 3.31. The highest BCUT2D eigenvalue weighted by molar-refractivity contribution is 14.1. The summed E-state index contributed by atoms with van der Waals surface area (Å²) in [5.41, 5.74) is 4.39. The molecule has 1 atom stereocenters. The second-order valence-electron chi connectivity index (χ2n) is 4.49. The molecule has 0 fully saturated rings. The van der Waals surface area contributed by atoms with Gasteiger partial charge in [0.1, 0.15) is 5.82 Å². The van der Waals surface area contributed by atoms with Crippen molar-refractivity contribution in [3.63, 3.8) is 0 Å². The van der Waals surface area contributed by atoms with E-state index in [1.54, 1.807) is 6.07 Å². The molecule has 0 N–H and O–H groups in total. The first-order valence-electron chi connectivity index (χ1n) is 5.76. The van der Waals surface area contributed by atoms with Gasteiger partial charge >= 0.3 is 0 Å². The second-order valence-corrected chi connectivity index (χ2v) is 6.97. The third-order valence-corrected chi connectivity index (χ3v) is 5.37. The molecule has 0 radical (unpaired) electrons. The van der Waals surface area contributed by atoms with Gasteiger partial charge in [0.2, 0.25) is 0 Å². The van der Waals surface area contributed by atoms with E-state index in [4.69, 9.17) is 11.6 Å². The topological polar surface area (TPSA) is 0 Å². The summed E-state index contributed by atoms with van der Waals surface area (Å²) in [6.07, 6.45) is 0. The smallest absolute Gasteiger partial charge is 0.124 e. The Morgan fingerprint density at radius 1 is 1.11 bits per heavy atom. The molecule has 2 aromatic rings. The van der Waals surface area contributed by atoms with Gasteiger partial charge < -0.3 is 0 Å². The molecular formula is C15H12BrClFI. The summed E-state index contributed by atoms with van der Waals surface area (Å²) < 4.78 is 14.0. The maximum Gasteiger partial charge on any atom is 0.124 e. The van der Waals surface area contributed by atoms with Crippen LogP contribution in [0.5, 0.6) is 0 Å². The molecule has 0 aromatic heterocycles. The summed E-state index contributed by atoms with van der Waals surface area (Å²) in [4.78, 5) is -0.0354. The zero-order chi connectivity index (χ0) is 14.2. The highest BCUT2D eigenvalue weighted by Crippen LogP contribution is 2.38. The molecule has 0 aliphatic carbocycles. The molecule has 1 unspecified atom stereocenters. The number of aryl methyl sites for hydroxylation is 2. The van der Waals surface area contributed by atoms with E-state index in [9.17, 15) is 4.39 Å². The predicted octanol–water partition coefficient (Wildman–Crippen LogP) is 6.18. The second kappa shape index (κ2) is 6.10. The molecule has 2 aromatic carbocycles. The molecule has 0 saturated carbocycles. The Bertz CT molecular complexity index is 628. The molecule has 100 valence electrons. The summed E-state index contributed by atoms with van der Waals surface area (Å²) in [7, 11) is 0. The minimum atomic E-state index is -0.223. The fourth-order valence-electron chi connectivity index (χ4n) is 1.87. The van der Waals surface area contributed by atoms with Crippen LogP contribution in [0.15, 0.2) is 30.3 Å². The van der Waals surface area contributed by atoms with Gasteiger partial charge in [-0.25, -0.2) is 4.39 Å². The van der Waals surface area contributed by atoms with Crippen LogP contribution < -0.4 is 0 Å². The van der Waals surface area contributed by atoms with E-state index in [0.717, 1.165) is 19.7 Å². The van der Waals surface area contributed by atoms with Crippen molar-refractivity contribution in [3.8, 4) is 0 Å². The van der Waals surface area contributed by atoms with Gasteiger partial charge in [-0.15, -0.1) is 0 Å². The van der Waals surface area contributed by atoms with Crippen molar-refractivity contribution in [1.29, 1.82) is 0 Å². The van der Waals surface area contributed by atoms with Gasteiger partial charge in [-0.3, -0.25) is 0 Å². The third-order valence-electron chi connectivity index (χ3n) is 3.12. The van der Waals surface area contributed by atoms with Gasteiger partial charge in [-0.05, 0) is 76.9 Å². The van der Waals surface area contributed by atoms with Crippen LogP contribution >= 0.6 is 50.1 Å². The predicted molar refractivity (Wildman–Crippen MR) is 90.8 cm³/mol. The van der Waals surface area contributed by atoms with Crippen molar-refractivity contribution < 1.29 is 4.39 Å². The van der Waals surface area contributed by atoms with Crippen molar-refractivity contribution in [2.75, 3.05) is 0 Å². The monoisotopic (exact) mass is 452 g/mol. The minimum Gasteiger partial charge on any atom is -0.207 e. The van der Waals surface area contributed by atoms with Crippen LogP contribution in [0.1, 0.15) is 27.1 Å². The lowest BCUT2D eigenvalue weighted by Gasteiger charge is -2.16. The number of hydrogen-bond acceptors (Lipinski definition) is 0. The van der Waals surface area contributed by atoms with Crippen LogP contribution in [0.25, 0.3) is 0 Å². The fraction of sp³-hybridized carbons (Fsp3) is 0.200. The first-order valence-corrected chi connectivity index (χ1v) is 8.13. The Labute approximate surface area is 139 Å². The molecule has 0 amide bonds. The quantitative estimate of drug-likeness (QED) is 0.376. The van der Waals surface area contributed by atoms with Gasteiger partial charge in [0.15, 0.2) is 0 Å². The van der Waals surface area contributed by atoms with E-state index in [-0.39, 0.29) is 10.6 Å². The molecule has 0 aliphatic heterocycles. The Balaban J connectivity index is 2.49. The largest absolute Gasteiger partial charge is 0.207 e. The zero-order valence-electron chi connectivity index (χ0n) is 10.5. The first kappa shape index (κ1) is 15.3. The average molecular weight is 454 g/mol. The van der Waals surface area contributed by atoms with Crippen LogP contribution in [-0.2, 0) is 0 Å². The van der Waals surface area contributed by atoms with Crippen LogP contribution in [-0.4, -0.2) is 0 Å². The molecule has 0 aliphatic rings. The van der Waals surface area contributed by atoms with E-state index < -0.39 is 0 Å². The Kier molecular flexibility index (Phi) is 4.90. The summed E-state index contributed by atoms with van der Waals surface area (Å²) in [5.74, 6) is -0.223. The van der Waals surface area contributed by atoms with E-state index in [2.05, 4.69) is 51.5 Å². The number of halogens is 4. The molecule has 0 saturated heterocycles. The van der Waals surface area contributed by atoms with Crippen LogP contribution in [0, 0.1) is 23.2 Å². The lowest BCUT2D eigenvalue weighted by atomic mass is 10.0. The molecular weight excluding hydrogens is 441 g/mol. The maximum atomic E-state index is 13.2. The van der Waals surface area contributed by atoms with Crippen LogP contribution in [0.4, 0.5) is 4.39 Å². The van der Waals surface area contributed by atoms with Crippen molar-refractivity contribution in [2.24, 2.45) is 0 Å². The Hall–Kier alpha value is -0.130. The molecule has 0 heterocycles. The normalized spacial score (nSPS) is 12.5. The van der Waals surface area contributed by atoms with E-state index in [1.165, 1.54) is 23.3 Å². The van der Waals surface area contributed by atoms with Crippen LogP contribution in [0.3, 0.4) is 0 Å². The molecule has 19 heavy (non-hydrogen) atoms. The minimum absolute atomic E-state index is 0.0354. The SMILES string of the molecule is Cc1cc(Cl)c(C(Br)c2ccc(F)cc2I)cc1C. The number of rotatable bonds is 2. The lowest BCUT2D eigenvalue weighted by molar-refractivity contribution is 0.626. The van der Waals surface area contributed by atoms with Crippen molar-refractivity contribution in [3.05, 3.63) is 67.0 Å². The van der Waals surface area contributed by atoms with E-state index in [1.807, 2.05) is 13.0 Å². The molecule has 0 bridgehead atoms. The average Bonchev–Trinajstić information content (AvgIpc) is 2.33. The van der Waals surface area contributed by atoms with Crippen LogP contribution in [0.2, 0.25) is 5.02 Å². The summed E-state index contributed by atoms with van der Waals surface area (Å²) in [6, 6.07) is 8.84. The highest BCUT2D eigenvalue weighted by Gasteiger charge is 2.17. The number of benzene rings is 2. The fourth-order valence-corrected chi connectivity index (χ4v) is 4.33. The van der Waals surface area contributed by atoms with Crippen molar-refractivity contribution in [2.45, 2.75) is 18.7 Å². The van der Waals surface area contributed by atoms with Crippen molar-refractivity contribution >= 4 is 50.1 Å². The van der Waals surface area contributed by atoms with Gasteiger partial charge in [-0.2, -0.15) is 0 Å². The van der Waals surface area contributed by atoms with Gasteiger partial charge in [0, 0.05) is 8.59 Å². The summed E-state index contributed by atoms with van der Waals surface area (Å²) in [5, 5.41) is 0.727. The zero-order valence-corrected chi connectivity index (χ0v) is 15.0. The maximum absolute atomic E-state index is 13.2. The van der Waals surface area contributed by atoms with E-state index in [0.29, 0.717) is 0 Å². The number of hydrogen-bond donors (Lipinski definition) is 0. The Morgan fingerprint density at radius 2 is 1.74 bits per heavy atom. The molecule has 0 spiro atoms. The number of alkyl halides is 1. The molecule has 0 nitrogen and oxygen atoms in total. The molecule has 2 rings (SSSR count). The highest BCUT2D eigenvalue weighted by atomic mass is 127. The summed E-state index contributed by atoms with van der Waals surface area (Å²) in [6.45, 7) is 4.10. The van der Waals surface area contributed by atoms with Gasteiger partial charge in [0.25, 0.3) is 0 Å².